The first-order valence-corrected chi connectivity index (χ1v) is 7.83. The summed E-state index contributed by atoms with van der Waals surface area (Å²) in [5, 5.41) is 5.00. The molecule has 2 rings (SSSR count). The molecule has 0 aliphatic rings. The smallest absolute Gasteiger partial charge is 0.230 e. The largest absolute Gasteiger partial charge is 0.353 e. The zero-order valence-corrected chi connectivity index (χ0v) is 12.9. The van der Waals surface area contributed by atoms with E-state index in [0.717, 1.165) is 15.9 Å². The van der Waals surface area contributed by atoms with E-state index < -0.39 is 0 Å². The number of amides is 1. The number of hydrogen-bond donors (Lipinski definition) is 1. The zero-order valence-electron chi connectivity index (χ0n) is 12.1. The van der Waals surface area contributed by atoms with Gasteiger partial charge in [-0.15, -0.1) is 0 Å². The average Bonchev–Trinajstić information content (AvgIpc) is 2.44. The van der Waals surface area contributed by atoms with Crippen molar-refractivity contribution in [3.05, 3.63) is 36.4 Å². The van der Waals surface area contributed by atoms with Gasteiger partial charge in [0.25, 0.3) is 0 Å². The van der Waals surface area contributed by atoms with Crippen LogP contribution in [0.5, 0.6) is 0 Å². The van der Waals surface area contributed by atoms with Crippen molar-refractivity contribution in [2.75, 3.05) is 5.75 Å². The second-order valence-electron chi connectivity index (χ2n) is 5.23. The summed E-state index contributed by atoms with van der Waals surface area (Å²) in [7, 11) is 0. The molecule has 3 nitrogen and oxygen atoms in total. The molecule has 1 aromatic heterocycles. The van der Waals surface area contributed by atoms with Crippen LogP contribution in [0.25, 0.3) is 10.9 Å². The minimum atomic E-state index is 0.0613. The molecule has 2 aromatic rings. The van der Waals surface area contributed by atoms with Gasteiger partial charge in [0, 0.05) is 11.4 Å². The molecule has 0 fully saturated rings. The van der Waals surface area contributed by atoms with Crippen LogP contribution in [0.3, 0.4) is 0 Å². The molecule has 1 atom stereocenters. The summed E-state index contributed by atoms with van der Waals surface area (Å²) in [5.41, 5.74) is 0.966. The van der Waals surface area contributed by atoms with Crippen molar-refractivity contribution in [2.24, 2.45) is 5.92 Å². The molecule has 1 aromatic carbocycles. The third-order valence-corrected chi connectivity index (χ3v) is 4.24. The van der Waals surface area contributed by atoms with Gasteiger partial charge in [0.2, 0.25) is 5.91 Å². The Bertz CT molecular complexity index is 598. The standard InChI is InChI=1S/C16H20N2OS/c1-11(2)12(3)17-15(19)10-20-16-9-8-13-6-4-5-7-14(13)18-16/h4-9,11-12H,10H2,1-3H3,(H,17,19)/t12-/m0/s1. The summed E-state index contributed by atoms with van der Waals surface area (Å²) in [6.07, 6.45) is 0. The highest BCUT2D eigenvalue weighted by atomic mass is 32.2. The molecule has 0 aliphatic carbocycles. The van der Waals surface area contributed by atoms with E-state index in [1.807, 2.05) is 43.3 Å². The topological polar surface area (TPSA) is 42.0 Å². The highest BCUT2D eigenvalue weighted by molar-refractivity contribution is 7.99. The Morgan fingerprint density at radius 3 is 2.70 bits per heavy atom. The van der Waals surface area contributed by atoms with Crippen molar-refractivity contribution in [2.45, 2.75) is 31.8 Å². The molecule has 0 radical (unpaired) electrons. The number of aromatic nitrogens is 1. The van der Waals surface area contributed by atoms with Crippen LogP contribution in [-0.4, -0.2) is 22.7 Å². The molecule has 1 heterocycles. The fraction of sp³-hybridized carbons (Fsp3) is 0.375. The van der Waals surface area contributed by atoms with Crippen LogP contribution in [0.1, 0.15) is 20.8 Å². The molecule has 0 saturated heterocycles. The summed E-state index contributed by atoms with van der Waals surface area (Å²) in [4.78, 5) is 16.4. The van der Waals surface area contributed by atoms with E-state index in [4.69, 9.17) is 0 Å². The first-order chi connectivity index (χ1) is 9.56. The van der Waals surface area contributed by atoms with Crippen LogP contribution >= 0.6 is 11.8 Å². The van der Waals surface area contributed by atoms with Crippen LogP contribution in [-0.2, 0) is 4.79 Å². The first kappa shape index (κ1) is 14.9. The Morgan fingerprint density at radius 2 is 1.95 bits per heavy atom. The van der Waals surface area contributed by atoms with Crippen molar-refractivity contribution in [1.29, 1.82) is 0 Å². The quantitative estimate of drug-likeness (QED) is 0.856. The van der Waals surface area contributed by atoms with Crippen molar-refractivity contribution >= 4 is 28.6 Å². The summed E-state index contributed by atoms with van der Waals surface area (Å²) < 4.78 is 0. The Hall–Kier alpha value is -1.55. The maximum Gasteiger partial charge on any atom is 0.230 e. The number of thioether (sulfide) groups is 1. The highest BCUT2D eigenvalue weighted by Gasteiger charge is 2.11. The van der Waals surface area contributed by atoms with Gasteiger partial charge in [0.15, 0.2) is 0 Å². The van der Waals surface area contributed by atoms with Gasteiger partial charge in [-0.3, -0.25) is 4.79 Å². The van der Waals surface area contributed by atoms with Gasteiger partial charge < -0.3 is 5.32 Å². The average molecular weight is 288 g/mol. The zero-order chi connectivity index (χ0) is 14.5. The molecular formula is C16H20N2OS. The Morgan fingerprint density at radius 1 is 1.20 bits per heavy atom. The molecule has 1 N–H and O–H groups in total. The second-order valence-corrected chi connectivity index (χ2v) is 6.23. The molecule has 0 bridgehead atoms. The van der Waals surface area contributed by atoms with Gasteiger partial charge in [-0.25, -0.2) is 4.98 Å². The normalized spacial score (nSPS) is 12.6. The molecule has 0 saturated carbocycles. The molecule has 4 heteroatoms. The minimum Gasteiger partial charge on any atom is -0.353 e. The Labute approximate surface area is 124 Å². The van der Waals surface area contributed by atoms with Crippen molar-refractivity contribution in [3.63, 3.8) is 0 Å². The van der Waals surface area contributed by atoms with Crippen LogP contribution in [0, 0.1) is 5.92 Å². The third kappa shape index (κ3) is 3.97. The van der Waals surface area contributed by atoms with E-state index in [2.05, 4.69) is 24.1 Å². The van der Waals surface area contributed by atoms with Crippen molar-refractivity contribution in [1.82, 2.24) is 10.3 Å². The van der Waals surface area contributed by atoms with Crippen LogP contribution < -0.4 is 5.32 Å². The van der Waals surface area contributed by atoms with E-state index >= 15 is 0 Å². The van der Waals surface area contributed by atoms with E-state index in [0.29, 0.717) is 11.7 Å². The van der Waals surface area contributed by atoms with E-state index in [9.17, 15) is 4.79 Å². The number of benzene rings is 1. The SMILES string of the molecule is CC(C)[C@H](C)NC(=O)CSc1ccc2ccccc2n1. The lowest BCUT2D eigenvalue weighted by Crippen LogP contribution is -2.37. The van der Waals surface area contributed by atoms with Crippen LogP contribution in [0.2, 0.25) is 0 Å². The number of nitrogens with one attached hydrogen (secondary N) is 1. The molecule has 20 heavy (non-hydrogen) atoms. The predicted octanol–water partition coefficient (Wildman–Crippen LogP) is 3.49. The summed E-state index contributed by atoms with van der Waals surface area (Å²) in [6.45, 7) is 6.23. The van der Waals surface area contributed by atoms with Crippen molar-refractivity contribution in [3.8, 4) is 0 Å². The Balaban J connectivity index is 1.94. The number of fused-ring (bicyclic) bond motifs is 1. The fourth-order valence-corrected chi connectivity index (χ4v) is 2.42. The lowest BCUT2D eigenvalue weighted by molar-refractivity contribution is -0.119. The summed E-state index contributed by atoms with van der Waals surface area (Å²) in [6, 6.07) is 12.2. The number of para-hydroxylation sites is 1. The van der Waals surface area contributed by atoms with Gasteiger partial charge in [0.1, 0.15) is 0 Å². The van der Waals surface area contributed by atoms with Crippen molar-refractivity contribution < 1.29 is 4.79 Å². The minimum absolute atomic E-state index is 0.0613. The summed E-state index contributed by atoms with van der Waals surface area (Å²) >= 11 is 1.47. The number of rotatable bonds is 5. The predicted molar refractivity (Wildman–Crippen MR) is 84.9 cm³/mol. The molecule has 1 amide bonds. The third-order valence-electron chi connectivity index (χ3n) is 3.31. The number of carbonyl (C=O) groups is 1. The Kier molecular flexibility index (Phi) is 5.01. The van der Waals surface area contributed by atoms with Gasteiger partial charge >= 0.3 is 0 Å². The lowest BCUT2D eigenvalue weighted by Gasteiger charge is -2.17. The fourth-order valence-electron chi connectivity index (χ4n) is 1.73. The number of carbonyl (C=O) groups excluding carboxylic acids is 1. The van der Waals surface area contributed by atoms with Gasteiger partial charge in [-0.05, 0) is 25.0 Å². The number of nitrogens with zero attached hydrogens (tertiary/aromatic N) is 1. The molecule has 0 spiro atoms. The number of hydrogen-bond acceptors (Lipinski definition) is 3. The van der Waals surface area contributed by atoms with Gasteiger partial charge in [-0.1, -0.05) is 49.9 Å². The van der Waals surface area contributed by atoms with Crippen LogP contribution in [0.15, 0.2) is 41.4 Å². The van der Waals surface area contributed by atoms with E-state index in [-0.39, 0.29) is 11.9 Å². The van der Waals surface area contributed by atoms with E-state index in [1.165, 1.54) is 11.8 Å². The second kappa shape index (κ2) is 6.75. The van der Waals surface area contributed by atoms with Gasteiger partial charge in [-0.2, -0.15) is 0 Å². The molecule has 0 aliphatic heterocycles. The van der Waals surface area contributed by atoms with Gasteiger partial charge in [0.05, 0.1) is 16.3 Å². The maximum atomic E-state index is 11.8. The molecular weight excluding hydrogens is 268 g/mol. The summed E-state index contributed by atoms with van der Waals surface area (Å²) in [5.74, 6) is 0.913. The monoisotopic (exact) mass is 288 g/mol. The molecule has 0 unspecified atom stereocenters. The molecule has 106 valence electrons. The maximum absolute atomic E-state index is 11.8. The number of pyridine rings is 1. The van der Waals surface area contributed by atoms with Crippen LogP contribution in [0.4, 0.5) is 0 Å². The highest BCUT2D eigenvalue weighted by Crippen LogP contribution is 2.19. The lowest BCUT2D eigenvalue weighted by atomic mass is 10.1. The van der Waals surface area contributed by atoms with E-state index in [1.54, 1.807) is 0 Å². The first-order valence-electron chi connectivity index (χ1n) is 6.84.